The molecule has 0 saturated carbocycles. The van der Waals surface area contributed by atoms with E-state index < -0.39 is 27.9 Å². The molecule has 1 saturated heterocycles. The van der Waals surface area contributed by atoms with Crippen molar-refractivity contribution in [2.24, 2.45) is 0 Å². The Hall–Kier alpha value is -3.52. The van der Waals surface area contributed by atoms with Crippen LogP contribution in [0.3, 0.4) is 0 Å². The number of anilines is 1. The van der Waals surface area contributed by atoms with Crippen LogP contribution in [0.4, 0.5) is 18.9 Å². The molecule has 9 nitrogen and oxygen atoms in total. The second kappa shape index (κ2) is 11.5. The van der Waals surface area contributed by atoms with Gasteiger partial charge >= 0.3 is 6.18 Å². The second-order valence-electron chi connectivity index (χ2n) is 11.2. The molecule has 0 radical (unpaired) electrons. The lowest BCUT2D eigenvalue weighted by molar-refractivity contribution is -0.137. The van der Waals surface area contributed by atoms with Crippen molar-refractivity contribution in [3.63, 3.8) is 0 Å². The Morgan fingerprint density at radius 3 is 2.37 bits per heavy atom. The Labute approximate surface area is 248 Å². The molecule has 1 N–H and O–H groups in total. The van der Waals surface area contributed by atoms with E-state index in [0.717, 1.165) is 66.9 Å². The molecule has 43 heavy (non-hydrogen) atoms. The Bertz CT molecular complexity index is 1710. The van der Waals surface area contributed by atoms with E-state index in [1.807, 2.05) is 30.5 Å². The summed E-state index contributed by atoms with van der Waals surface area (Å²) in [6, 6.07) is 14.8. The van der Waals surface area contributed by atoms with Gasteiger partial charge < -0.3 is 10.0 Å². The number of nitrogens with zero attached hydrogens (tertiary/aromatic N) is 6. The molecule has 0 bridgehead atoms. The van der Waals surface area contributed by atoms with Gasteiger partial charge in [-0.05, 0) is 24.3 Å². The third-order valence-electron chi connectivity index (χ3n) is 8.25. The highest BCUT2D eigenvalue weighted by Crippen LogP contribution is 2.34. The number of hydrogen-bond donors (Lipinski definition) is 1. The number of pyridine rings is 1. The van der Waals surface area contributed by atoms with Crippen molar-refractivity contribution in [2.75, 3.05) is 50.4 Å². The molecular weight excluding hydrogens is 581 g/mol. The molecule has 13 heteroatoms. The van der Waals surface area contributed by atoms with Crippen molar-refractivity contribution in [1.82, 2.24) is 24.0 Å². The Morgan fingerprint density at radius 1 is 0.953 bits per heavy atom. The number of aliphatic hydroxyl groups excluding tert-OH is 1. The van der Waals surface area contributed by atoms with Crippen LogP contribution in [0.2, 0.25) is 0 Å². The van der Waals surface area contributed by atoms with Gasteiger partial charge in [-0.1, -0.05) is 30.3 Å². The molecule has 2 aromatic carbocycles. The van der Waals surface area contributed by atoms with E-state index in [1.54, 1.807) is 4.68 Å². The van der Waals surface area contributed by atoms with E-state index >= 15 is 0 Å². The Morgan fingerprint density at radius 2 is 1.67 bits per heavy atom. The summed E-state index contributed by atoms with van der Waals surface area (Å²) in [6.45, 7) is 4.12. The lowest BCUT2D eigenvalue weighted by Crippen LogP contribution is -2.49. The van der Waals surface area contributed by atoms with Crippen LogP contribution in [0.1, 0.15) is 16.8 Å². The number of piperazine rings is 1. The highest BCUT2D eigenvalue weighted by atomic mass is 32.2. The smallest absolute Gasteiger partial charge is 0.390 e. The maximum atomic E-state index is 13.2. The number of para-hydroxylation sites is 1. The molecule has 4 heterocycles. The van der Waals surface area contributed by atoms with E-state index in [1.165, 1.54) is 16.4 Å². The molecule has 4 aromatic rings. The zero-order chi connectivity index (χ0) is 30.4. The van der Waals surface area contributed by atoms with Crippen LogP contribution in [-0.2, 0) is 35.7 Å². The number of benzene rings is 2. The first-order valence-electron chi connectivity index (χ1n) is 14.2. The van der Waals surface area contributed by atoms with Crippen LogP contribution in [0, 0.1) is 0 Å². The van der Waals surface area contributed by atoms with Crippen molar-refractivity contribution in [2.45, 2.75) is 31.8 Å². The quantitative estimate of drug-likeness (QED) is 0.340. The third kappa shape index (κ3) is 6.26. The fraction of sp³-hybridized carbons (Fsp3) is 0.400. The Kier molecular flexibility index (Phi) is 7.92. The number of aliphatic hydroxyl groups is 1. The van der Waals surface area contributed by atoms with Crippen molar-refractivity contribution in [3.8, 4) is 11.3 Å². The van der Waals surface area contributed by atoms with E-state index in [9.17, 15) is 26.7 Å². The number of aromatic nitrogens is 3. The van der Waals surface area contributed by atoms with E-state index in [2.05, 4.69) is 20.9 Å². The van der Waals surface area contributed by atoms with Crippen LogP contribution in [0.15, 0.2) is 60.8 Å². The summed E-state index contributed by atoms with van der Waals surface area (Å²) in [4.78, 5) is 9.00. The molecule has 228 valence electrons. The number of rotatable bonds is 7. The summed E-state index contributed by atoms with van der Waals surface area (Å²) in [5.41, 5.74) is 3.68. The molecule has 2 aliphatic heterocycles. The minimum absolute atomic E-state index is 0.0757. The van der Waals surface area contributed by atoms with Gasteiger partial charge in [0.1, 0.15) is 0 Å². The second-order valence-corrected chi connectivity index (χ2v) is 13.1. The molecule has 1 atom stereocenters. The van der Waals surface area contributed by atoms with Gasteiger partial charge in [-0.3, -0.25) is 14.6 Å². The first-order valence-corrected chi connectivity index (χ1v) is 16.0. The SMILES string of the molecule is CS(=O)(=O)N1CCc2c(c(-c3ccc(C(F)(F)F)cc3)nn2CC(O)CN2CCN(c3ccnc4ccccc34)CC2)C1. The van der Waals surface area contributed by atoms with Gasteiger partial charge in [-0.25, -0.2) is 8.42 Å². The lowest BCUT2D eigenvalue weighted by Gasteiger charge is -2.37. The predicted octanol–water partition coefficient (Wildman–Crippen LogP) is 3.62. The van der Waals surface area contributed by atoms with Crippen molar-refractivity contribution in [3.05, 3.63) is 77.6 Å². The average molecular weight is 615 g/mol. The topological polar surface area (TPSA) is 94.8 Å². The van der Waals surface area contributed by atoms with Gasteiger partial charge in [0.2, 0.25) is 10.0 Å². The summed E-state index contributed by atoms with van der Waals surface area (Å²) in [7, 11) is -3.48. The average Bonchev–Trinajstić information content (AvgIpc) is 3.34. The minimum atomic E-state index is -4.47. The van der Waals surface area contributed by atoms with Crippen LogP contribution < -0.4 is 4.90 Å². The first kappa shape index (κ1) is 29.5. The van der Waals surface area contributed by atoms with Gasteiger partial charge in [-0.15, -0.1) is 0 Å². The number of halogens is 3. The van der Waals surface area contributed by atoms with Crippen molar-refractivity contribution < 1.29 is 26.7 Å². The number of hydrogen-bond acceptors (Lipinski definition) is 7. The molecule has 6 rings (SSSR count). The highest BCUT2D eigenvalue weighted by Gasteiger charge is 2.33. The molecule has 0 aliphatic carbocycles. The largest absolute Gasteiger partial charge is 0.416 e. The van der Waals surface area contributed by atoms with E-state index in [0.29, 0.717) is 29.8 Å². The van der Waals surface area contributed by atoms with Crippen LogP contribution in [-0.4, -0.2) is 89.1 Å². The number of sulfonamides is 1. The lowest BCUT2D eigenvalue weighted by atomic mass is 10.0. The fourth-order valence-electron chi connectivity index (χ4n) is 6.03. The zero-order valence-electron chi connectivity index (χ0n) is 23.7. The molecular formula is C30H33F3N6O3S. The molecule has 0 amide bonds. The van der Waals surface area contributed by atoms with Crippen LogP contribution >= 0.6 is 0 Å². The summed E-state index contributed by atoms with van der Waals surface area (Å²) in [5, 5.41) is 16.9. The zero-order valence-corrected chi connectivity index (χ0v) is 24.5. The number of fused-ring (bicyclic) bond motifs is 2. The van der Waals surface area contributed by atoms with E-state index in [4.69, 9.17) is 5.10 Å². The third-order valence-corrected chi connectivity index (χ3v) is 9.49. The van der Waals surface area contributed by atoms with E-state index in [-0.39, 0.29) is 19.6 Å². The number of alkyl halides is 3. The summed E-state index contributed by atoms with van der Waals surface area (Å²) in [5.74, 6) is 0. The number of β-amino-alcohol motifs (C(OH)–C–C–N with tert-alkyl or cyclic N) is 1. The Balaban J connectivity index is 1.17. The van der Waals surface area contributed by atoms with Crippen molar-refractivity contribution >= 4 is 26.6 Å². The summed E-state index contributed by atoms with van der Waals surface area (Å²) in [6.07, 6.45) is -1.85. The van der Waals surface area contributed by atoms with Gasteiger partial charge in [0, 0.05) is 86.3 Å². The maximum absolute atomic E-state index is 13.2. The normalized spacial score (nSPS) is 17.7. The molecule has 1 fully saturated rings. The van der Waals surface area contributed by atoms with Gasteiger partial charge in [0.25, 0.3) is 0 Å². The first-order chi connectivity index (χ1) is 20.5. The van der Waals surface area contributed by atoms with Gasteiger partial charge in [-0.2, -0.15) is 22.6 Å². The molecule has 2 aromatic heterocycles. The summed E-state index contributed by atoms with van der Waals surface area (Å²) >= 11 is 0. The minimum Gasteiger partial charge on any atom is -0.390 e. The van der Waals surface area contributed by atoms with Gasteiger partial charge in [0.05, 0.1) is 35.7 Å². The maximum Gasteiger partial charge on any atom is 0.416 e. The molecule has 1 unspecified atom stereocenters. The van der Waals surface area contributed by atoms with Gasteiger partial charge in [0.15, 0.2) is 0 Å². The fourth-order valence-corrected chi connectivity index (χ4v) is 6.82. The predicted molar refractivity (Wildman–Crippen MR) is 158 cm³/mol. The molecule has 2 aliphatic rings. The highest BCUT2D eigenvalue weighted by molar-refractivity contribution is 7.88. The van der Waals surface area contributed by atoms with Crippen LogP contribution in [0.25, 0.3) is 22.2 Å². The summed E-state index contributed by atoms with van der Waals surface area (Å²) < 4.78 is 67.1. The monoisotopic (exact) mass is 614 g/mol. The molecule has 0 spiro atoms. The standard InChI is InChI=1S/C30H33F3N6O3S/c1-43(41,42)38-13-11-28-25(20-38)29(21-6-8-22(9-7-21)30(31,32)33)35-39(28)19-23(40)18-36-14-16-37(17-15-36)27-10-12-34-26-5-3-2-4-24(26)27/h2-10,12,23,40H,11,13-20H2,1H3. The van der Waals surface area contributed by atoms with Crippen molar-refractivity contribution in [1.29, 1.82) is 0 Å². The van der Waals surface area contributed by atoms with Crippen LogP contribution in [0.5, 0.6) is 0 Å².